The molecule has 10 heteroatoms. The van der Waals surface area contributed by atoms with Gasteiger partial charge in [0, 0.05) is 30.5 Å². The number of rotatable bonds is 6. The second-order valence-electron chi connectivity index (χ2n) is 5.86. The third-order valence-corrected chi connectivity index (χ3v) is 3.66. The van der Waals surface area contributed by atoms with Crippen LogP contribution in [0.4, 0.5) is 24.5 Å². The molecule has 0 heterocycles. The second kappa shape index (κ2) is 8.83. The van der Waals surface area contributed by atoms with Crippen LogP contribution in [0.15, 0.2) is 42.5 Å². The van der Waals surface area contributed by atoms with Gasteiger partial charge in [0.2, 0.25) is 5.91 Å². The lowest BCUT2D eigenvalue weighted by Gasteiger charge is -2.16. The lowest BCUT2D eigenvalue weighted by Crippen LogP contribution is -2.25. The van der Waals surface area contributed by atoms with Crippen LogP contribution in [-0.2, 0) is 4.79 Å². The highest BCUT2D eigenvalue weighted by Crippen LogP contribution is 2.24. The highest BCUT2D eigenvalue weighted by molar-refractivity contribution is 6.31. The monoisotopic (exact) mass is 415 g/mol. The summed E-state index contributed by atoms with van der Waals surface area (Å²) in [6.07, 6.45) is -4.78. The Morgan fingerprint density at radius 3 is 2.32 bits per heavy atom. The Labute approximate surface area is 164 Å². The minimum Gasteiger partial charge on any atom is -0.406 e. The van der Waals surface area contributed by atoms with Gasteiger partial charge >= 0.3 is 6.36 Å². The van der Waals surface area contributed by atoms with E-state index in [0.717, 1.165) is 12.1 Å². The maximum absolute atomic E-state index is 12.2. The Balaban J connectivity index is 1.99. The maximum Gasteiger partial charge on any atom is 0.573 e. The van der Waals surface area contributed by atoms with Crippen molar-refractivity contribution in [3.8, 4) is 5.75 Å². The first kappa shape index (κ1) is 21.4. The first-order valence-electron chi connectivity index (χ1n) is 7.96. The minimum absolute atomic E-state index is 0.186. The molecule has 28 heavy (non-hydrogen) atoms. The second-order valence-corrected chi connectivity index (χ2v) is 6.30. The van der Waals surface area contributed by atoms with Gasteiger partial charge in [-0.3, -0.25) is 9.59 Å². The van der Waals surface area contributed by atoms with Gasteiger partial charge in [-0.15, -0.1) is 13.2 Å². The molecule has 0 saturated heterocycles. The predicted octanol–water partition coefficient (Wildman–Crippen LogP) is 3.99. The summed E-state index contributed by atoms with van der Waals surface area (Å²) in [7, 11) is 3.19. The summed E-state index contributed by atoms with van der Waals surface area (Å²) >= 11 is 5.95. The van der Waals surface area contributed by atoms with Crippen LogP contribution in [0.1, 0.15) is 10.4 Å². The zero-order chi connectivity index (χ0) is 20.9. The number of nitrogens with zero attached hydrogens (tertiary/aromatic N) is 1. The largest absolute Gasteiger partial charge is 0.573 e. The molecule has 150 valence electrons. The zero-order valence-electron chi connectivity index (χ0n) is 14.9. The number of hydrogen-bond acceptors (Lipinski definition) is 4. The van der Waals surface area contributed by atoms with Gasteiger partial charge in [0.05, 0.1) is 12.1 Å². The third-order valence-electron chi connectivity index (χ3n) is 3.43. The molecule has 0 fully saturated rings. The van der Waals surface area contributed by atoms with E-state index in [1.807, 2.05) is 0 Å². The van der Waals surface area contributed by atoms with E-state index in [2.05, 4.69) is 15.4 Å². The van der Waals surface area contributed by atoms with Gasteiger partial charge in [-0.1, -0.05) is 11.6 Å². The average Bonchev–Trinajstić information content (AvgIpc) is 2.60. The van der Waals surface area contributed by atoms with E-state index in [1.165, 1.54) is 23.1 Å². The smallest absolute Gasteiger partial charge is 0.406 e. The van der Waals surface area contributed by atoms with E-state index in [0.29, 0.717) is 16.3 Å². The summed E-state index contributed by atoms with van der Waals surface area (Å²) in [6.45, 7) is -0.186. The summed E-state index contributed by atoms with van der Waals surface area (Å²) in [4.78, 5) is 25.7. The molecule has 0 aliphatic heterocycles. The van der Waals surface area contributed by atoms with Crippen LogP contribution < -0.4 is 15.4 Å². The molecule has 2 aromatic rings. The summed E-state index contributed by atoms with van der Waals surface area (Å²) in [5.41, 5.74) is 1.02. The molecule has 6 nitrogen and oxygen atoms in total. The Morgan fingerprint density at radius 1 is 1.11 bits per heavy atom. The summed E-state index contributed by atoms with van der Waals surface area (Å²) < 4.78 is 40.2. The predicted molar refractivity (Wildman–Crippen MR) is 99.7 cm³/mol. The lowest BCUT2D eigenvalue weighted by molar-refractivity contribution is -0.274. The number of nitrogens with one attached hydrogen (secondary N) is 2. The van der Waals surface area contributed by atoms with Crippen LogP contribution >= 0.6 is 11.6 Å². The molecule has 0 atom stereocenters. The van der Waals surface area contributed by atoms with Crippen molar-refractivity contribution in [2.24, 2.45) is 0 Å². The average molecular weight is 416 g/mol. The van der Waals surface area contributed by atoms with Crippen LogP contribution in [0.25, 0.3) is 0 Å². The van der Waals surface area contributed by atoms with Gasteiger partial charge in [-0.2, -0.15) is 0 Å². The third kappa shape index (κ3) is 6.34. The number of anilines is 2. The number of halogens is 4. The summed E-state index contributed by atoms with van der Waals surface area (Å²) in [6, 6.07) is 9.36. The number of benzene rings is 2. The molecule has 0 spiro atoms. The van der Waals surface area contributed by atoms with Crippen molar-refractivity contribution in [3.63, 3.8) is 0 Å². The first-order chi connectivity index (χ1) is 13.0. The SMILES string of the molecule is CN(C)C(=O)c1ccc(Cl)cc1NCC(=O)Nc1ccc(OC(F)(F)F)cc1. The molecule has 0 saturated carbocycles. The van der Waals surface area contributed by atoms with Gasteiger partial charge in [0.1, 0.15) is 5.75 Å². The lowest BCUT2D eigenvalue weighted by atomic mass is 10.1. The normalized spacial score (nSPS) is 10.9. The van der Waals surface area contributed by atoms with Crippen LogP contribution in [0.2, 0.25) is 5.02 Å². The van der Waals surface area contributed by atoms with E-state index in [-0.39, 0.29) is 18.1 Å². The van der Waals surface area contributed by atoms with Gasteiger partial charge < -0.3 is 20.3 Å². The quantitative estimate of drug-likeness (QED) is 0.748. The van der Waals surface area contributed by atoms with Crippen LogP contribution in [0.3, 0.4) is 0 Å². The van der Waals surface area contributed by atoms with Gasteiger partial charge in [0.15, 0.2) is 0 Å². The molecule has 2 N–H and O–H groups in total. The number of carbonyl (C=O) groups is 2. The van der Waals surface area contributed by atoms with Gasteiger partial charge in [0.25, 0.3) is 5.91 Å². The molecule has 0 radical (unpaired) electrons. The Bertz CT molecular complexity index is 855. The highest BCUT2D eigenvalue weighted by Gasteiger charge is 2.30. The minimum atomic E-state index is -4.78. The molecular formula is C18H17ClF3N3O3. The summed E-state index contributed by atoms with van der Waals surface area (Å²) in [5, 5.41) is 5.74. The van der Waals surface area contributed by atoms with Crippen molar-refractivity contribution < 1.29 is 27.5 Å². The van der Waals surface area contributed by atoms with Gasteiger partial charge in [-0.25, -0.2) is 0 Å². The number of carbonyl (C=O) groups excluding carboxylic acids is 2. The van der Waals surface area contributed by atoms with Crippen LogP contribution in [-0.4, -0.2) is 43.7 Å². The van der Waals surface area contributed by atoms with Crippen LogP contribution in [0, 0.1) is 0 Å². The highest BCUT2D eigenvalue weighted by atomic mass is 35.5. The first-order valence-corrected chi connectivity index (χ1v) is 8.33. The maximum atomic E-state index is 12.2. The standard InChI is InChI=1S/C18H17ClF3N3O3/c1-25(2)17(27)14-8-3-11(19)9-15(14)23-10-16(26)24-12-4-6-13(7-5-12)28-18(20,21)22/h3-9,23H,10H2,1-2H3,(H,24,26). The van der Waals surface area contributed by atoms with Crippen molar-refractivity contribution in [2.45, 2.75) is 6.36 Å². The molecule has 2 amide bonds. The molecule has 0 aromatic heterocycles. The van der Waals surface area contributed by atoms with Crippen molar-refractivity contribution in [3.05, 3.63) is 53.1 Å². The fourth-order valence-corrected chi connectivity index (χ4v) is 2.38. The molecule has 0 aliphatic carbocycles. The topological polar surface area (TPSA) is 70.7 Å². The molecule has 2 rings (SSSR count). The van der Waals surface area contributed by atoms with Crippen molar-refractivity contribution >= 4 is 34.8 Å². The fraction of sp³-hybridized carbons (Fsp3) is 0.222. The zero-order valence-corrected chi connectivity index (χ0v) is 15.7. The summed E-state index contributed by atoms with van der Waals surface area (Å²) in [5.74, 6) is -1.12. The number of ether oxygens (including phenoxy) is 1. The Morgan fingerprint density at radius 2 is 1.75 bits per heavy atom. The Kier molecular flexibility index (Phi) is 6.74. The van der Waals surface area contributed by atoms with E-state index in [1.54, 1.807) is 26.2 Å². The number of alkyl halides is 3. The number of hydrogen-bond donors (Lipinski definition) is 2. The molecule has 0 bridgehead atoms. The molecule has 0 aliphatic rings. The fourth-order valence-electron chi connectivity index (χ4n) is 2.21. The van der Waals surface area contributed by atoms with Crippen molar-refractivity contribution in [1.29, 1.82) is 0 Å². The van der Waals surface area contributed by atoms with Crippen molar-refractivity contribution in [1.82, 2.24) is 4.90 Å². The van der Waals surface area contributed by atoms with Gasteiger partial charge in [-0.05, 0) is 42.5 Å². The van der Waals surface area contributed by atoms with Crippen molar-refractivity contribution in [2.75, 3.05) is 31.3 Å². The molecule has 2 aromatic carbocycles. The van der Waals surface area contributed by atoms with E-state index in [4.69, 9.17) is 11.6 Å². The van der Waals surface area contributed by atoms with E-state index >= 15 is 0 Å². The van der Waals surface area contributed by atoms with Crippen LogP contribution in [0.5, 0.6) is 5.75 Å². The Hall–Kier alpha value is -2.94. The number of amides is 2. The molecule has 0 unspecified atom stereocenters. The van der Waals surface area contributed by atoms with E-state index < -0.39 is 18.0 Å². The molecular weight excluding hydrogens is 399 g/mol. The van der Waals surface area contributed by atoms with E-state index in [9.17, 15) is 22.8 Å².